The largest absolute Gasteiger partial charge is 0.543 e. The number of hydroxylamine groups is 2. The third-order valence-electron chi connectivity index (χ3n) is 3.16. The number of carboxylic acids is 1. The number of quaternary nitrogens is 1. The first kappa shape index (κ1) is 15.5. The normalized spacial score (nSPS) is 16.3. The van der Waals surface area contributed by atoms with Gasteiger partial charge in [-0.1, -0.05) is 12.1 Å². The highest BCUT2D eigenvalue weighted by Gasteiger charge is 2.42. The molecule has 2 N–H and O–H groups in total. The second kappa shape index (κ2) is 5.50. The lowest BCUT2D eigenvalue weighted by molar-refractivity contribution is -1.43. The highest BCUT2D eigenvalue weighted by Crippen LogP contribution is 2.22. The maximum atomic E-state index is 12.1. The van der Waals surface area contributed by atoms with Crippen LogP contribution in [-0.2, 0) is 9.63 Å². The smallest absolute Gasteiger partial charge is 0.368 e. The summed E-state index contributed by atoms with van der Waals surface area (Å²) in [4.78, 5) is 40.2. The van der Waals surface area contributed by atoms with Crippen LogP contribution in [0.3, 0.4) is 0 Å². The van der Waals surface area contributed by atoms with Gasteiger partial charge in [0.2, 0.25) is 0 Å². The summed E-state index contributed by atoms with van der Waals surface area (Å²) in [6.45, 7) is -1.48. The first-order valence-corrected chi connectivity index (χ1v) is 6.12. The predicted molar refractivity (Wildman–Crippen MR) is 67.9 cm³/mol. The van der Waals surface area contributed by atoms with Crippen LogP contribution in [0.25, 0.3) is 0 Å². The van der Waals surface area contributed by atoms with E-state index in [0.29, 0.717) is 0 Å². The molecular weight excluding hydrogens is 296 g/mol. The maximum absolute atomic E-state index is 12.1. The van der Waals surface area contributed by atoms with Crippen molar-refractivity contribution >= 4 is 17.8 Å². The summed E-state index contributed by atoms with van der Waals surface area (Å²) in [5, 5.41) is 19.9. The molecule has 0 spiro atoms. The van der Waals surface area contributed by atoms with Crippen molar-refractivity contribution in [1.82, 2.24) is 4.90 Å². The Kier molecular flexibility index (Phi) is 3.89. The van der Waals surface area contributed by atoms with Crippen LogP contribution in [0.4, 0.5) is 0 Å². The van der Waals surface area contributed by atoms with Gasteiger partial charge in [-0.05, 0) is 12.1 Å². The van der Waals surface area contributed by atoms with Gasteiger partial charge in [-0.25, -0.2) is 9.69 Å². The fourth-order valence-corrected chi connectivity index (χ4v) is 1.95. The number of carboxylic acid groups (broad SMARTS) is 1. The number of likely N-dealkylation sites (N-methyl/N-ethyl adjacent to an activating group) is 1. The number of carbonyl (C=O) groups is 3. The Morgan fingerprint density at radius 3 is 2.27 bits per heavy atom. The number of imide groups is 1. The fraction of sp³-hybridized carbons (Fsp3) is 0.250. The number of benzene rings is 1. The Bertz CT molecular complexity index is 640. The number of nitrogens with one attached hydrogen (secondary N) is 1. The number of rotatable bonds is 6. The first-order valence-electron chi connectivity index (χ1n) is 6.12. The summed E-state index contributed by atoms with van der Waals surface area (Å²) in [5.74, 6) is -2.59. The summed E-state index contributed by atoms with van der Waals surface area (Å²) >= 11 is 0. The third-order valence-corrected chi connectivity index (χ3v) is 3.16. The molecule has 0 saturated heterocycles. The van der Waals surface area contributed by atoms with Crippen LogP contribution in [-0.4, -0.2) is 57.8 Å². The molecule has 2 amide bonds. The zero-order valence-electron chi connectivity index (χ0n) is 11.6. The molecule has 1 heterocycles. The minimum absolute atomic E-state index is 0.202. The Morgan fingerprint density at radius 2 is 1.86 bits per heavy atom. The highest BCUT2D eigenvalue weighted by molar-refractivity contribution is 6.21. The average molecular weight is 309 g/mol. The topological polar surface area (TPSA) is 134 Å². The van der Waals surface area contributed by atoms with E-state index < -0.39 is 40.8 Å². The number of hydrogen-bond acceptors (Lipinski definition) is 6. The fourth-order valence-electron chi connectivity index (χ4n) is 1.95. The number of aliphatic carboxylic acids is 1. The Morgan fingerprint density at radius 1 is 1.36 bits per heavy atom. The van der Waals surface area contributed by atoms with Gasteiger partial charge in [0, 0.05) is 5.53 Å². The molecule has 1 aliphatic heterocycles. The number of amides is 2. The van der Waals surface area contributed by atoms with Crippen molar-refractivity contribution in [2.24, 2.45) is 0 Å². The molecule has 0 aliphatic carbocycles. The Labute approximate surface area is 124 Å². The maximum Gasteiger partial charge on any atom is 0.368 e. The van der Waals surface area contributed by atoms with Gasteiger partial charge in [-0.2, -0.15) is 0 Å². The number of nitrogens with zero attached hydrogens (tertiary/aromatic N) is 3. The van der Waals surface area contributed by atoms with Gasteiger partial charge in [0.25, 0.3) is 18.4 Å². The molecule has 0 saturated carbocycles. The van der Waals surface area contributed by atoms with Crippen molar-refractivity contribution in [3.05, 3.63) is 40.6 Å². The van der Waals surface area contributed by atoms with Gasteiger partial charge in [0.1, 0.15) is 4.97 Å². The van der Waals surface area contributed by atoms with Gasteiger partial charge in [-0.15, -0.1) is 4.84 Å². The monoisotopic (exact) mass is 309 g/mol. The molecule has 0 radical (unpaired) electrons. The standard InChI is InChI=1S/C12H12N4O6/c1-16(15(13)21,6-10(17)18)22-7-14-11(19)8-4-2-3-5-9(8)12(14)20/h2-5,13H,6-7H2,1H3/p+1. The van der Waals surface area contributed by atoms with Gasteiger partial charge in [-0.3, -0.25) is 9.59 Å². The van der Waals surface area contributed by atoms with Crippen LogP contribution in [0.1, 0.15) is 20.7 Å². The Hall–Kier alpha value is -2.85. The molecule has 0 fully saturated rings. The van der Waals surface area contributed by atoms with E-state index in [9.17, 15) is 19.6 Å². The molecule has 116 valence electrons. The number of fused-ring (bicyclic) bond motifs is 1. The Balaban J connectivity index is 2.15. The van der Waals surface area contributed by atoms with Crippen LogP contribution < -0.4 is 0 Å². The molecule has 0 bridgehead atoms. The van der Waals surface area contributed by atoms with Crippen LogP contribution in [0, 0.1) is 10.7 Å². The second-order valence-electron chi connectivity index (χ2n) is 4.72. The summed E-state index contributed by atoms with van der Waals surface area (Å²) in [6, 6.07) is 6.15. The van der Waals surface area contributed by atoms with E-state index in [4.69, 9.17) is 15.5 Å². The van der Waals surface area contributed by atoms with Crippen LogP contribution >= 0.6 is 0 Å². The number of carbonyl (C=O) groups excluding carboxylic acids is 2. The van der Waals surface area contributed by atoms with Crippen molar-refractivity contribution < 1.29 is 34.1 Å². The van der Waals surface area contributed by atoms with Crippen molar-refractivity contribution in [2.75, 3.05) is 20.3 Å². The lowest BCUT2D eigenvalue weighted by Gasteiger charge is -2.23. The SMILES string of the molecule is C[N+](CC(=O)O)(OCN1C(=O)c2ccccc2C1=O)[N+](=N)[O-]. The molecule has 1 aromatic carbocycles. The quantitative estimate of drug-likeness (QED) is 0.253. The van der Waals surface area contributed by atoms with Crippen LogP contribution in [0.2, 0.25) is 0 Å². The third kappa shape index (κ3) is 2.64. The molecule has 10 heteroatoms. The van der Waals surface area contributed by atoms with E-state index in [1.165, 1.54) is 12.1 Å². The molecule has 22 heavy (non-hydrogen) atoms. The van der Waals surface area contributed by atoms with Crippen LogP contribution in [0.5, 0.6) is 0 Å². The molecule has 0 aromatic heterocycles. The summed E-state index contributed by atoms with van der Waals surface area (Å²) in [7, 11) is 1.03. The van der Waals surface area contributed by atoms with E-state index in [1.54, 1.807) is 12.1 Å². The zero-order chi connectivity index (χ0) is 16.5. The number of hydrogen-bond donors (Lipinski definition) is 2. The summed E-state index contributed by atoms with van der Waals surface area (Å²) < 4.78 is -1.29. The highest BCUT2D eigenvalue weighted by atomic mass is 16.8. The van der Waals surface area contributed by atoms with Crippen molar-refractivity contribution in [3.8, 4) is 0 Å². The van der Waals surface area contributed by atoms with Crippen molar-refractivity contribution in [1.29, 1.82) is 5.53 Å². The molecule has 1 atom stereocenters. The molecule has 1 aromatic rings. The molecule has 10 nitrogen and oxygen atoms in total. The van der Waals surface area contributed by atoms with E-state index in [2.05, 4.69) is 0 Å². The van der Waals surface area contributed by atoms with Gasteiger partial charge in [0.15, 0.2) is 13.8 Å². The van der Waals surface area contributed by atoms with Crippen molar-refractivity contribution in [3.63, 3.8) is 0 Å². The molecule has 1 aliphatic rings. The molecule has 1 unspecified atom stereocenters. The van der Waals surface area contributed by atoms with E-state index in [1.807, 2.05) is 0 Å². The minimum Gasteiger partial charge on any atom is -0.543 e. The van der Waals surface area contributed by atoms with E-state index >= 15 is 0 Å². The average Bonchev–Trinajstić information content (AvgIpc) is 2.69. The van der Waals surface area contributed by atoms with Crippen LogP contribution in [0.15, 0.2) is 24.3 Å². The van der Waals surface area contributed by atoms with Gasteiger partial charge < -0.3 is 10.3 Å². The van der Waals surface area contributed by atoms with E-state index in [0.717, 1.165) is 11.9 Å². The van der Waals surface area contributed by atoms with Gasteiger partial charge >= 0.3 is 5.97 Å². The van der Waals surface area contributed by atoms with Crippen molar-refractivity contribution in [2.45, 2.75) is 0 Å². The van der Waals surface area contributed by atoms with Gasteiger partial charge in [0.05, 0.1) is 15.9 Å². The second-order valence-corrected chi connectivity index (χ2v) is 4.72. The zero-order valence-corrected chi connectivity index (χ0v) is 11.6. The predicted octanol–water partition coefficient (Wildman–Crippen LogP) is 0.159. The summed E-state index contributed by atoms with van der Waals surface area (Å²) in [6.07, 6.45) is 0. The molecular formula is C12H13N4O6+. The lowest BCUT2D eigenvalue weighted by atomic mass is 10.1. The first-order chi connectivity index (χ1) is 10.3. The molecule has 2 rings (SSSR count). The lowest BCUT2D eigenvalue weighted by Crippen LogP contribution is -2.54. The minimum atomic E-state index is -1.38. The summed E-state index contributed by atoms with van der Waals surface area (Å²) in [5.41, 5.74) is 7.41. The van der Waals surface area contributed by atoms with E-state index in [-0.39, 0.29) is 11.1 Å².